The zero-order valence-electron chi connectivity index (χ0n) is 16.7. The van der Waals surface area contributed by atoms with E-state index in [1.165, 1.54) is 25.7 Å². The number of methoxy groups -OCH3 is 1. The van der Waals surface area contributed by atoms with Crippen molar-refractivity contribution >= 4 is 29.9 Å². The Hall–Kier alpha value is -1.68. The van der Waals surface area contributed by atoms with E-state index in [2.05, 4.69) is 31.7 Å². The zero-order chi connectivity index (χ0) is 19.0. The average molecular weight is 498 g/mol. The van der Waals surface area contributed by atoms with Crippen molar-refractivity contribution in [1.29, 1.82) is 0 Å². The fourth-order valence-corrected chi connectivity index (χ4v) is 3.70. The first-order chi connectivity index (χ1) is 13.2. The molecule has 154 valence electrons. The van der Waals surface area contributed by atoms with Gasteiger partial charge < -0.3 is 15.4 Å². The first-order valence-corrected chi connectivity index (χ1v) is 9.61. The van der Waals surface area contributed by atoms with Gasteiger partial charge in [0, 0.05) is 52.4 Å². The lowest BCUT2D eigenvalue weighted by Gasteiger charge is -2.30. The van der Waals surface area contributed by atoms with E-state index in [9.17, 15) is 0 Å². The lowest BCUT2D eigenvalue weighted by molar-refractivity contribution is 0.138. The van der Waals surface area contributed by atoms with E-state index >= 15 is 0 Å². The highest BCUT2D eigenvalue weighted by Gasteiger charge is 2.33. The molecule has 1 saturated carbocycles. The van der Waals surface area contributed by atoms with Gasteiger partial charge in [0.15, 0.2) is 5.96 Å². The third-order valence-electron chi connectivity index (χ3n) is 5.39. The zero-order valence-corrected chi connectivity index (χ0v) is 19.1. The van der Waals surface area contributed by atoms with E-state index in [-0.39, 0.29) is 24.0 Å². The highest BCUT2D eigenvalue weighted by molar-refractivity contribution is 14.0. The second kappa shape index (κ2) is 11.4. The minimum Gasteiger partial charge on any atom is -0.385 e. The van der Waals surface area contributed by atoms with Crippen LogP contribution in [0.2, 0.25) is 0 Å². The molecule has 0 spiro atoms. The van der Waals surface area contributed by atoms with E-state index < -0.39 is 0 Å². The monoisotopic (exact) mass is 498 g/mol. The van der Waals surface area contributed by atoms with E-state index in [4.69, 9.17) is 4.74 Å². The first-order valence-electron chi connectivity index (χ1n) is 9.61. The molecular formula is C20H31IN6O. The van der Waals surface area contributed by atoms with Crippen LogP contribution in [0.3, 0.4) is 0 Å². The van der Waals surface area contributed by atoms with E-state index in [1.807, 2.05) is 30.1 Å². The van der Waals surface area contributed by atoms with Gasteiger partial charge in [0.1, 0.15) is 12.1 Å². The van der Waals surface area contributed by atoms with Crippen molar-refractivity contribution in [2.45, 2.75) is 38.6 Å². The molecule has 1 fully saturated rings. The number of halogens is 1. The van der Waals surface area contributed by atoms with Crippen molar-refractivity contribution in [3.8, 4) is 5.82 Å². The number of aromatic nitrogens is 3. The topological polar surface area (TPSA) is 76.4 Å². The molecule has 2 N–H and O–H groups in total. The molecule has 28 heavy (non-hydrogen) atoms. The molecule has 0 aliphatic heterocycles. The highest BCUT2D eigenvalue weighted by Crippen LogP contribution is 2.40. The van der Waals surface area contributed by atoms with Crippen LogP contribution in [-0.4, -0.2) is 47.8 Å². The molecule has 1 aliphatic carbocycles. The summed E-state index contributed by atoms with van der Waals surface area (Å²) < 4.78 is 7.21. The SMILES string of the molecule is CN=C(NCc1ccc(-n2ccnc2)nc1)NCC1(CCOC)CCCC1.I. The summed E-state index contributed by atoms with van der Waals surface area (Å²) in [5.41, 5.74) is 1.44. The molecule has 7 nitrogen and oxygen atoms in total. The van der Waals surface area contributed by atoms with Crippen molar-refractivity contribution in [3.63, 3.8) is 0 Å². The van der Waals surface area contributed by atoms with Crippen LogP contribution in [0.25, 0.3) is 5.82 Å². The van der Waals surface area contributed by atoms with Crippen molar-refractivity contribution in [2.75, 3.05) is 27.3 Å². The molecule has 2 heterocycles. The van der Waals surface area contributed by atoms with Crippen LogP contribution in [0.5, 0.6) is 0 Å². The maximum atomic E-state index is 5.32. The summed E-state index contributed by atoms with van der Waals surface area (Å²) in [6.45, 7) is 2.44. The number of rotatable bonds is 8. The van der Waals surface area contributed by atoms with E-state index in [0.29, 0.717) is 12.0 Å². The van der Waals surface area contributed by atoms with Gasteiger partial charge in [0.05, 0.1) is 0 Å². The maximum absolute atomic E-state index is 5.32. The van der Waals surface area contributed by atoms with Crippen LogP contribution in [0.4, 0.5) is 0 Å². The number of guanidine groups is 1. The van der Waals surface area contributed by atoms with Gasteiger partial charge in [-0.25, -0.2) is 9.97 Å². The Balaban J connectivity index is 0.00000280. The molecule has 0 unspecified atom stereocenters. The summed E-state index contributed by atoms with van der Waals surface area (Å²) >= 11 is 0. The number of aliphatic imine (C=N–C) groups is 1. The molecule has 1 aliphatic rings. The Morgan fingerprint density at radius 2 is 2.11 bits per heavy atom. The van der Waals surface area contributed by atoms with Gasteiger partial charge in [-0.05, 0) is 36.3 Å². The Labute approximate surface area is 184 Å². The van der Waals surface area contributed by atoms with Crippen molar-refractivity contribution in [2.24, 2.45) is 10.4 Å². The van der Waals surface area contributed by atoms with Crippen LogP contribution in [-0.2, 0) is 11.3 Å². The van der Waals surface area contributed by atoms with Gasteiger partial charge in [-0.2, -0.15) is 0 Å². The maximum Gasteiger partial charge on any atom is 0.191 e. The molecule has 0 amide bonds. The molecular weight excluding hydrogens is 467 g/mol. The molecule has 2 aromatic rings. The molecule has 0 atom stereocenters. The molecule has 0 bridgehead atoms. The lowest BCUT2D eigenvalue weighted by Crippen LogP contribution is -2.43. The third-order valence-corrected chi connectivity index (χ3v) is 5.39. The van der Waals surface area contributed by atoms with Crippen LogP contribution in [0.15, 0.2) is 42.0 Å². The summed E-state index contributed by atoms with van der Waals surface area (Å²) in [7, 11) is 3.59. The molecule has 0 radical (unpaired) electrons. The van der Waals surface area contributed by atoms with Gasteiger partial charge in [-0.15, -0.1) is 24.0 Å². The highest BCUT2D eigenvalue weighted by atomic mass is 127. The lowest BCUT2D eigenvalue weighted by atomic mass is 9.83. The van der Waals surface area contributed by atoms with Crippen LogP contribution in [0.1, 0.15) is 37.7 Å². The predicted octanol–water partition coefficient (Wildman–Crippen LogP) is 3.15. The number of hydrogen-bond acceptors (Lipinski definition) is 4. The fourth-order valence-electron chi connectivity index (χ4n) is 3.70. The second-order valence-electron chi connectivity index (χ2n) is 7.22. The number of hydrogen-bond donors (Lipinski definition) is 2. The summed E-state index contributed by atoms with van der Waals surface area (Å²) in [6, 6.07) is 4.06. The van der Waals surface area contributed by atoms with Gasteiger partial charge in [0.25, 0.3) is 0 Å². The summed E-state index contributed by atoms with van der Waals surface area (Å²) in [4.78, 5) is 12.9. The molecule has 2 aromatic heterocycles. The van der Waals surface area contributed by atoms with E-state index in [1.54, 1.807) is 19.6 Å². The summed E-state index contributed by atoms with van der Waals surface area (Å²) in [6.07, 6.45) is 13.5. The smallest absolute Gasteiger partial charge is 0.191 e. The molecule has 3 rings (SSSR count). The molecule has 8 heteroatoms. The first kappa shape index (κ1) is 22.6. The number of pyridine rings is 1. The third kappa shape index (κ3) is 6.16. The van der Waals surface area contributed by atoms with Gasteiger partial charge in [0.2, 0.25) is 0 Å². The number of nitrogens with one attached hydrogen (secondary N) is 2. The number of ether oxygens (including phenoxy) is 1. The van der Waals surface area contributed by atoms with Gasteiger partial charge in [-0.3, -0.25) is 9.56 Å². The van der Waals surface area contributed by atoms with Crippen LogP contribution in [0, 0.1) is 5.41 Å². The van der Waals surface area contributed by atoms with Gasteiger partial charge in [-0.1, -0.05) is 18.9 Å². The molecule has 0 aromatic carbocycles. The minimum atomic E-state index is 0. The second-order valence-corrected chi connectivity index (χ2v) is 7.22. The minimum absolute atomic E-state index is 0. The summed E-state index contributed by atoms with van der Waals surface area (Å²) in [5, 5.41) is 6.90. The Bertz CT molecular complexity index is 711. The predicted molar refractivity (Wildman–Crippen MR) is 122 cm³/mol. The van der Waals surface area contributed by atoms with Crippen molar-refractivity contribution in [3.05, 3.63) is 42.6 Å². The largest absolute Gasteiger partial charge is 0.385 e. The Kier molecular flexibility index (Phi) is 9.17. The van der Waals surface area contributed by atoms with E-state index in [0.717, 1.165) is 36.9 Å². The van der Waals surface area contributed by atoms with Gasteiger partial charge >= 0.3 is 0 Å². The summed E-state index contributed by atoms with van der Waals surface area (Å²) in [5.74, 6) is 1.69. The standard InChI is InChI=1S/C20H30N6O.HI/c1-21-19(25-15-20(9-12-27-2)7-3-4-8-20)24-14-17-5-6-18(23-13-17)26-11-10-22-16-26;/h5-6,10-11,13,16H,3-4,7-9,12,14-15H2,1-2H3,(H2,21,24,25);1H. The Morgan fingerprint density at radius 3 is 2.71 bits per heavy atom. The normalized spacial score (nSPS) is 15.9. The average Bonchev–Trinajstić information content (AvgIpc) is 3.40. The van der Waals surface area contributed by atoms with Crippen LogP contribution >= 0.6 is 24.0 Å². The molecule has 0 saturated heterocycles. The van der Waals surface area contributed by atoms with Crippen molar-refractivity contribution < 1.29 is 4.74 Å². The fraction of sp³-hybridized carbons (Fsp3) is 0.550. The Morgan fingerprint density at radius 1 is 1.29 bits per heavy atom. The van der Waals surface area contributed by atoms with Crippen LogP contribution < -0.4 is 10.6 Å². The van der Waals surface area contributed by atoms with Crippen molar-refractivity contribution in [1.82, 2.24) is 25.2 Å². The number of imidazole rings is 1. The number of nitrogens with zero attached hydrogens (tertiary/aromatic N) is 4. The quantitative estimate of drug-likeness (QED) is 0.332.